The van der Waals surface area contributed by atoms with E-state index in [1.807, 2.05) is 5.38 Å². The fourth-order valence-corrected chi connectivity index (χ4v) is 3.10. The number of hydrogen-bond acceptors (Lipinski definition) is 3. The predicted molar refractivity (Wildman–Crippen MR) is 76.8 cm³/mol. The summed E-state index contributed by atoms with van der Waals surface area (Å²) in [5.74, 6) is -1.99. The van der Waals surface area contributed by atoms with Crippen molar-refractivity contribution in [2.24, 2.45) is 0 Å². The summed E-state index contributed by atoms with van der Waals surface area (Å²) in [5, 5.41) is 1.85. The highest BCUT2D eigenvalue weighted by Crippen LogP contribution is 2.32. The van der Waals surface area contributed by atoms with Gasteiger partial charge in [0.1, 0.15) is 5.69 Å². The molecule has 0 saturated carbocycles. The van der Waals surface area contributed by atoms with E-state index in [1.165, 1.54) is 17.4 Å². The average Bonchev–Trinajstić information content (AvgIpc) is 2.95. The van der Waals surface area contributed by atoms with Crippen LogP contribution < -0.4 is 4.74 Å². The number of imidazole rings is 1. The van der Waals surface area contributed by atoms with Crippen molar-refractivity contribution in [1.82, 2.24) is 9.38 Å². The quantitative estimate of drug-likeness (QED) is 0.474. The van der Waals surface area contributed by atoms with Crippen LogP contribution in [0.5, 0.6) is 11.6 Å². The van der Waals surface area contributed by atoms with Crippen LogP contribution in [0.15, 0.2) is 28.2 Å². The van der Waals surface area contributed by atoms with Gasteiger partial charge in [-0.1, -0.05) is 15.9 Å². The van der Waals surface area contributed by atoms with Crippen LogP contribution >= 0.6 is 38.9 Å². The number of thiazole rings is 1. The Balaban J connectivity index is 2.07. The van der Waals surface area contributed by atoms with Gasteiger partial charge in [-0.2, -0.15) is 9.37 Å². The molecule has 1 aromatic carbocycles. The first-order valence-corrected chi connectivity index (χ1v) is 7.63. The first kappa shape index (κ1) is 13.8. The van der Waals surface area contributed by atoms with Crippen molar-refractivity contribution >= 4 is 43.8 Å². The normalized spacial score (nSPS) is 11.2. The van der Waals surface area contributed by atoms with Gasteiger partial charge in [0.05, 0.1) is 5.88 Å². The minimum Gasteiger partial charge on any atom is -0.434 e. The summed E-state index contributed by atoms with van der Waals surface area (Å²) >= 11 is 10.3. The summed E-state index contributed by atoms with van der Waals surface area (Å²) in [6.45, 7) is 0. The van der Waals surface area contributed by atoms with Gasteiger partial charge in [-0.15, -0.1) is 22.9 Å². The summed E-state index contributed by atoms with van der Waals surface area (Å²) in [6, 6.07) is 2.36. The van der Waals surface area contributed by atoms with Gasteiger partial charge < -0.3 is 4.74 Å². The third-order valence-corrected chi connectivity index (χ3v) is 4.08. The maximum atomic E-state index is 13.7. The molecule has 3 aromatic rings. The largest absolute Gasteiger partial charge is 0.434 e. The Morgan fingerprint density at radius 3 is 2.95 bits per heavy atom. The van der Waals surface area contributed by atoms with Crippen LogP contribution in [0.3, 0.4) is 0 Å². The molecular weight excluding hydrogens is 374 g/mol. The molecule has 0 atom stereocenters. The van der Waals surface area contributed by atoms with Gasteiger partial charge in [0, 0.05) is 16.0 Å². The van der Waals surface area contributed by atoms with E-state index in [-0.39, 0.29) is 17.5 Å². The van der Waals surface area contributed by atoms with Gasteiger partial charge >= 0.3 is 0 Å². The molecule has 8 heteroatoms. The SMILES string of the molecule is Fc1cc(Br)cc(Oc2nc3sccn3c2CCl)c1F. The number of aromatic nitrogens is 2. The van der Waals surface area contributed by atoms with E-state index in [0.29, 0.717) is 15.1 Å². The lowest BCUT2D eigenvalue weighted by Gasteiger charge is -2.06. The first-order chi connectivity index (χ1) is 9.60. The van der Waals surface area contributed by atoms with Crippen LogP contribution in [0.1, 0.15) is 5.69 Å². The molecule has 0 fully saturated rings. The molecule has 0 aliphatic heterocycles. The van der Waals surface area contributed by atoms with Crippen LogP contribution in [-0.4, -0.2) is 9.38 Å². The summed E-state index contributed by atoms with van der Waals surface area (Å²) in [4.78, 5) is 4.88. The molecule has 0 saturated heterocycles. The van der Waals surface area contributed by atoms with Gasteiger partial charge in [-0.25, -0.2) is 4.39 Å². The van der Waals surface area contributed by atoms with E-state index in [9.17, 15) is 8.78 Å². The molecule has 0 radical (unpaired) electrons. The minimum absolute atomic E-state index is 0.144. The molecule has 2 heterocycles. The van der Waals surface area contributed by atoms with E-state index in [2.05, 4.69) is 20.9 Å². The number of hydrogen-bond donors (Lipinski definition) is 0. The lowest BCUT2D eigenvalue weighted by molar-refractivity contribution is 0.404. The number of alkyl halides is 1. The fourth-order valence-electron chi connectivity index (χ4n) is 1.73. The van der Waals surface area contributed by atoms with Crippen LogP contribution in [0.2, 0.25) is 0 Å². The van der Waals surface area contributed by atoms with Crippen molar-refractivity contribution in [2.75, 3.05) is 0 Å². The number of ether oxygens (including phenoxy) is 1. The zero-order chi connectivity index (χ0) is 14.3. The van der Waals surface area contributed by atoms with Crippen molar-refractivity contribution in [2.45, 2.75) is 5.88 Å². The lowest BCUT2D eigenvalue weighted by atomic mass is 10.3. The predicted octanol–water partition coefficient (Wildman–Crippen LogP) is 4.97. The van der Waals surface area contributed by atoms with E-state index in [0.717, 1.165) is 6.07 Å². The van der Waals surface area contributed by atoms with Crippen molar-refractivity contribution in [3.05, 3.63) is 45.5 Å². The van der Waals surface area contributed by atoms with Gasteiger partial charge in [-0.05, 0) is 12.1 Å². The third-order valence-electron chi connectivity index (χ3n) is 2.62. The molecule has 0 unspecified atom stereocenters. The first-order valence-electron chi connectivity index (χ1n) is 5.43. The van der Waals surface area contributed by atoms with E-state index in [1.54, 1.807) is 10.6 Å². The topological polar surface area (TPSA) is 26.5 Å². The van der Waals surface area contributed by atoms with E-state index in [4.69, 9.17) is 16.3 Å². The molecule has 20 heavy (non-hydrogen) atoms. The Morgan fingerprint density at radius 2 is 2.20 bits per heavy atom. The van der Waals surface area contributed by atoms with Crippen LogP contribution in [0, 0.1) is 11.6 Å². The number of rotatable bonds is 3. The Morgan fingerprint density at radius 1 is 1.40 bits per heavy atom. The molecule has 0 aliphatic rings. The second-order valence-electron chi connectivity index (χ2n) is 3.85. The van der Waals surface area contributed by atoms with Gasteiger partial charge in [-0.3, -0.25) is 4.40 Å². The molecule has 0 spiro atoms. The van der Waals surface area contributed by atoms with E-state index >= 15 is 0 Å². The second kappa shape index (κ2) is 5.31. The van der Waals surface area contributed by atoms with Crippen LogP contribution in [0.4, 0.5) is 8.78 Å². The maximum absolute atomic E-state index is 13.7. The molecule has 3 nitrogen and oxygen atoms in total. The van der Waals surface area contributed by atoms with Gasteiger partial charge in [0.15, 0.2) is 16.5 Å². The number of halogens is 4. The molecule has 0 bridgehead atoms. The van der Waals surface area contributed by atoms with Crippen molar-refractivity contribution in [3.63, 3.8) is 0 Å². The highest BCUT2D eigenvalue weighted by Gasteiger charge is 2.18. The Labute approximate surface area is 129 Å². The van der Waals surface area contributed by atoms with Crippen LogP contribution in [0.25, 0.3) is 4.96 Å². The molecule has 0 amide bonds. The maximum Gasteiger partial charge on any atom is 0.243 e. The Kier molecular flexibility index (Phi) is 3.66. The number of fused-ring (bicyclic) bond motifs is 1. The highest BCUT2D eigenvalue weighted by atomic mass is 79.9. The van der Waals surface area contributed by atoms with Gasteiger partial charge in [0.2, 0.25) is 11.7 Å². The molecule has 0 N–H and O–H groups in total. The molecule has 104 valence electrons. The molecule has 0 aliphatic carbocycles. The minimum atomic E-state index is -1.06. The summed E-state index contributed by atoms with van der Waals surface area (Å²) in [7, 11) is 0. The lowest BCUT2D eigenvalue weighted by Crippen LogP contribution is -1.95. The van der Waals surface area contributed by atoms with E-state index < -0.39 is 11.6 Å². The molecular formula is C12H6BrClF2N2OS. The summed E-state index contributed by atoms with van der Waals surface area (Å²) in [5.41, 5.74) is 0.586. The Bertz CT molecular complexity index is 789. The summed E-state index contributed by atoms with van der Waals surface area (Å²) in [6.07, 6.45) is 1.79. The van der Waals surface area contributed by atoms with Gasteiger partial charge in [0.25, 0.3) is 0 Å². The molecule has 2 aromatic heterocycles. The second-order valence-corrected chi connectivity index (χ2v) is 5.91. The fraction of sp³-hybridized carbons (Fsp3) is 0.0833. The number of nitrogens with zero attached hydrogens (tertiary/aromatic N) is 2. The average molecular weight is 380 g/mol. The number of benzene rings is 1. The van der Waals surface area contributed by atoms with Crippen molar-refractivity contribution in [1.29, 1.82) is 0 Å². The van der Waals surface area contributed by atoms with Crippen LogP contribution in [-0.2, 0) is 5.88 Å². The highest BCUT2D eigenvalue weighted by molar-refractivity contribution is 9.10. The smallest absolute Gasteiger partial charge is 0.243 e. The zero-order valence-corrected chi connectivity index (χ0v) is 12.9. The monoisotopic (exact) mass is 378 g/mol. The van der Waals surface area contributed by atoms with Crippen molar-refractivity contribution in [3.8, 4) is 11.6 Å². The zero-order valence-electron chi connectivity index (χ0n) is 9.74. The third kappa shape index (κ3) is 2.30. The standard InChI is InChI=1S/C12H6BrClF2N2OS/c13-6-3-7(15)10(16)9(4-6)19-11-8(5-14)18-1-2-20-12(18)17-11/h1-4H,5H2. The Hall–Kier alpha value is -1.18. The molecule has 3 rings (SSSR count). The summed E-state index contributed by atoms with van der Waals surface area (Å²) < 4.78 is 34.5. The van der Waals surface area contributed by atoms with Crippen molar-refractivity contribution < 1.29 is 13.5 Å².